The summed E-state index contributed by atoms with van der Waals surface area (Å²) in [4.78, 5) is 25.1. The fourth-order valence-corrected chi connectivity index (χ4v) is 1.92. The van der Waals surface area contributed by atoms with Crippen LogP contribution in [0.5, 0.6) is 0 Å². The van der Waals surface area contributed by atoms with Crippen molar-refractivity contribution in [3.63, 3.8) is 0 Å². The standard InChI is InChI=1S/C12H11ClN2O3/c1-7(10(13)14-18)6-15-11(16)8-4-2-3-5-9(8)12(15)17/h2-5,7,18H,6H2,1H3/b14-10-. The molecule has 94 valence electrons. The first-order valence-corrected chi connectivity index (χ1v) is 5.76. The summed E-state index contributed by atoms with van der Waals surface area (Å²) in [5.74, 6) is -1.09. The molecule has 18 heavy (non-hydrogen) atoms. The van der Waals surface area contributed by atoms with E-state index in [1.165, 1.54) is 0 Å². The molecule has 1 unspecified atom stereocenters. The molecule has 0 radical (unpaired) electrons. The summed E-state index contributed by atoms with van der Waals surface area (Å²) in [6.45, 7) is 1.76. The van der Waals surface area contributed by atoms with Crippen molar-refractivity contribution < 1.29 is 14.8 Å². The molecule has 0 aliphatic carbocycles. The largest absolute Gasteiger partial charge is 0.410 e. The average Bonchev–Trinajstić information content (AvgIpc) is 2.63. The summed E-state index contributed by atoms with van der Waals surface area (Å²) in [6, 6.07) is 6.64. The number of carbonyl (C=O) groups excluding carboxylic acids is 2. The molecule has 0 bridgehead atoms. The fraction of sp³-hybridized carbons (Fsp3) is 0.250. The van der Waals surface area contributed by atoms with E-state index in [0.717, 1.165) is 4.90 Å². The van der Waals surface area contributed by atoms with Crippen LogP contribution >= 0.6 is 11.6 Å². The summed E-state index contributed by atoms with van der Waals surface area (Å²) in [7, 11) is 0. The summed E-state index contributed by atoms with van der Waals surface area (Å²) in [6.07, 6.45) is 0. The lowest BCUT2D eigenvalue weighted by Gasteiger charge is -2.17. The van der Waals surface area contributed by atoms with E-state index in [-0.39, 0.29) is 23.5 Å². The van der Waals surface area contributed by atoms with Crippen molar-refractivity contribution in [2.24, 2.45) is 11.1 Å². The van der Waals surface area contributed by atoms with Crippen molar-refractivity contribution in [2.75, 3.05) is 6.54 Å². The highest BCUT2D eigenvalue weighted by Gasteiger charge is 2.36. The van der Waals surface area contributed by atoms with Crippen LogP contribution in [0.15, 0.2) is 29.4 Å². The van der Waals surface area contributed by atoms with Gasteiger partial charge in [-0.25, -0.2) is 0 Å². The molecule has 1 aliphatic rings. The summed E-state index contributed by atoms with van der Waals surface area (Å²) in [5, 5.41) is 11.4. The molecule has 0 spiro atoms. The van der Waals surface area contributed by atoms with Gasteiger partial charge >= 0.3 is 0 Å². The molecule has 5 nitrogen and oxygen atoms in total. The summed E-state index contributed by atoms with van der Waals surface area (Å²) >= 11 is 5.65. The Kier molecular flexibility index (Phi) is 3.34. The van der Waals surface area contributed by atoms with E-state index in [1.54, 1.807) is 31.2 Å². The van der Waals surface area contributed by atoms with Crippen molar-refractivity contribution in [1.82, 2.24) is 4.90 Å². The van der Waals surface area contributed by atoms with Gasteiger partial charge in [-0.3, -0.25) is 14.5 Å². The van der Waals surface area contributed by atoms with E-state index in [4.69, 9.17) is 16.8 Å². The molecule has 6 heteroatoms. The Balaban J connectivity index is 2.24. The second kappa shape index (κ2) is 4.78. The molecular formula is C12H11ClN2O3. The number of amides is 2. The first-order chi connectivity index (χ1) is 8.56. The smallest absolute Gasteiger partial charge is 0.261 e. The van der Waals surface area contributed by atoms with Gasteiger partial charge in [-0.2, -0.15) is 0 Å². The van der Waals surface area contributed by atoms with E-state index in [9.17, 15) is 9.59 Å². The highest BCUT2D eigenvalue weighted by molar-refractivity contribution is 6.65. The molecule has 0 saturated carbocycles. The van der Waals surface area contributed by atoms with Gasteiger partial charge in [0.25, 0.3) is 11.8 Å². The Bertz CT molecular complexity index is 507. The van der Waals surface area contributed by atoms with Crippen LogP contribution < -0.4 is 0 Å². The SMILES string of the molecule is CC(CN1C(=O)c2ccccc2C1=O)/C(Cl)=N/O. The molecule has 1 N–H and O–H groups in total. The number of fused-ring (bicyclic) bond motifs is 1. The number of benzene rings is 1. The van der Waals surface area contributed by atoms with Crippen LogP contribution in [0.25, 0.3) is 0 Å². The Morgan fingerprint density at radius 1 is 1.33 bits per heavy atom. The van der Waals surface area contributed by atoms with Crippen molar-refractivity contribution in [2.45, 2.75) is 6.92 Å². The average molecular weight is 267 g/mol. The maximum absolute atomic E-state index is 12.0. The minimum absolute atomic E-state index is 0.0356. The molecule has 0 aromatic heterocycles. The predicted molar refractivity (Wildman–Crippen MR) is 66.0 cm³/mol. The van der Waals surface area contributed by atoms with E-state index < -0.39 is 5.92 Å². The lowest BCUT2D eigenvalue weighted by Crippen LogP contribution is -2.35. The molecule has 2 rings (SSSR count). The number of rotatable bonds is 3. The molecule has 1 atom stereocenters. The number of carbonyl (C=O) groups is 2. The highest BCUT2D eigenvalue weighted by atomic mass is 35.5. The molecular weight excluding hydrogens is 256 g/mol. The van der Waals surface area contributed by atoms with Crippen molar-refractivity contribution in [1.29, 1.82) is 0 Å². The molecule has 0 saturated heterocycles. The van der Waals surface area contributed by atoms with Crippen LogP contribution in [0.4, 0.5) is 0 Å². The van der Waals surface area contributed by atoms with Crippen LogP contribution in [0, 0.1) is 5.92 Å². The van der Waals surface area contributed by atoms with Gasteiger partial charge in [0.1, 0.15) is 5.17 Å². The van der Waals surface area contributed by atoms with Gasteiger partial charge in [-0.15, -0.1) is 0 Å². The Hall–Kier alpha value is -1.88. The van der Waals surface area contributed by atoms with Crippen LogP contribution in [-0.2, 0) is 0 Å². The number of halogens is 1. The number of hydrogen-bond donors (Lipinski definition) is 1. The van der Waals surface area contributed by atoms with E-state index in [2.05, 4.69) is 5.16 Å². The van der Waals surface area contributed by atoms with Crippen molar-refractivity contribution in [3.05, 3.63) is 35.4 Å². The molecule has 2 amide bonds. The first-order valence-electron chi connectivity index (χ1n) is 5.39. The van der Waals surface area contributed by atoms with Gasteiger partial charge < -0.3 is 5.21 Å². The highest BCUT2D eigenvalue weighted by Crippen LogP contribution is 2.23. The maximum Gasteiger partial charge on any atom is 0.261 e. The minimum Gasteiger partial charge on any atom is -0.410 e. The zero-order chi connectivity index (χ0) is 13.3. The molecule has 0 fully saturated rings. The van der Waals surface area contributed by atoms with Crippen LogP contribution in [0.3, 0.4) is 0 Å². The van der Waals surface area contributed by atoms with Gasteiger partial charge in [0.2, 0.25) is 0 Å². The quantitative estimate of drug-likeness (QED) is 0.393. The molecule has 1 aliphatic heterocycles. The van der Waals surface area contributed by atoms with Crippen molar-refractivity contribution in [3.8, 4) is 0 Å². The normalized spacial score (nSPS) is 17.0. The van der Waals surface area contributed by atoms with Gasteiger partial charge in [-0.05, 0) is 12.1 Å². The third-order valence-electron chi connectivity index (χ3n) is 2.84. The zero-order valence-corrected chi connectivity index (χ0v) is 10.4. The van der Waals surface area contributed by atoms with Crippen LogP contribution in [-0.4, -0.2) is 33.6 Å². The Morgan fingerprint density at radius 3 is 2.28 bits per heavy atom. The summed E-state index contributed by atoms with van der Waals surface area (Å²) in [5.41, 5.74) is 0.790. The monoisotopic (exact) mass is 266 g/mol. The Morgan fingerprint density at radius 2 is 1.83 bits per heavy atom. The van der Waals surface area contributed by atoms with Gasteiger partial charge in [0, 0.05) is 12.5 Å². The van der Waals surface area contributed by atoms with Gasteiger partial charge in [0.15, 0.2) is 0 Å². The van der Waals surface area contributed by atoms with Crippen LogP contribution in [0.1, 0.15) is 27.6 Å². The van der Waals surface area contributed by atoms with Gasteiger partial charge in [-0.1, -0.05) is 35.8 Å². The fourth-order valence-electron chi connectivity index (χ4n) is 1.85. The Labute approximate surface area is 109 Å². The molecule has 1 heterocycles. The van der Waals surface area contributed by atoms with Gasteiger partial charge in [0.05, 0.1) is 11.1 Å². The lowest BCUT2D eigenvalue weighted by molar-refractivity contribution is 0.0644. The van der Waals surface area contributed by atoms with Crippen molar-refractivity contribution >= 4 is 28.6 Å². The van der Waals surface area contributed by atoms with E-state index in [1.807, 2.05) is 0 Å². The predicted octanol–water partition coefficient (Wildman–Crippen LogP) is 1.95. The molecule has 1 aromatic rings. The lowest BCUT2D eigenvalue weighted by atomic mass is 10.1. The maximum atomic E-state index is 12.0. The topological polar surface area (TPSA) is 70.0 Å². The number of hydrogen-bond acceptors (Lipinski definition) is 4. The number of nitrogens with zero attached hydrogens (tertiary/aromatic N) is 2. The second-order valence-electron chi connectivity index (χ2n) is 4.09. The zero-order valence-electron chi connectivity index (χ0n) is 9.63. The number of imide groups is 1. The van der Waals surface area contributed by atoms with Crippen LogP contribution in [0.2, 0.25) is 0 Å². The first kappa shape index (κ1) is 12.6. The summed E-state index contributed by atoms with van der Waals surface area (Å²) < 4.78 is 0. The van der Waals surface area contributed by atoms with E-state index >= 15 is 0 Å². The second-order valence-corrected chi connectivity index (χ2v) is 4.48. The minimum atomic E-state index is -0.404. The molecule has 1 aromatic carbocycles. The third kappa shape index (κ3) is 1.97. The number of oxime groups is 1. The van der Waals surface area contributed by atoms with E-state index in [0.29, 0.717) is 11.1 Å². The third-order valence-corrected chi connectivity index (χ3v) is 3.28.